The molecular weight excluding hydrogens is 614 g/mol. The van der Waals surface area contributed by atoms with Crippen molar-refractivity contribution in [3.05, 3.63) is 138 Å². The van der Waals surface area contributed by atoms with Gasteiger partial charge in [0.25, 0.3) is 0 Å². The number of benzene rings is 4. The molecular formula is C42H49NO6. The molecule has 0 saturated heterocycles. The zero-order valence-electron chi connectivity index (χ0n) is 29.3. The first-order chi connectivity index (χ1) is 23.6. The van der Waals surface area contributed by atoms with E-state index in [0.29, 0.717) is 44.7 Å². The first-order valence-electron chi connectivity index (χ1n) is 17.0. The van der Waals surface area contributed by atoms with Crippen LogP contribution in [0.15, 0.2) is 115 Å². The summed E-state index contributed by atoms with van der Waals surface area (Å²) < 4.78 is 17.0. The second kappa shape index (κ2) is 18.1. The third-order valence-electron chi connectivity index (χ3n) is 8.30. The lowest BCUT2D eigenvalue weighted by molar-refractivity contribution is -0.171. The van der Waals surface area contributed by atoms with Crippen LogP contribution in [0.4, 0.5) is 0 Å². The monoisotopic (exact) mass is 663 g/mol. The zero-order valence-corrected chi connectivity index (χ0v) is 29.3. The Morgan fingerprint density at radius 3 is 1.65 bits per heavy atom. The molecule has 0 spiro atoms. The summed E-state index contributed by atoms with van der Waals surface area (Å²) in [4.78, 5) is 44.4. The van der Waals surface area contributed by atoms with E-state index < -0.39 is 35.4 Å². The highest BCUT2D eigenvalue weighted by Crippen LogP contribution is 2.30. The topological polar surface area (TPSA) is 82.1 Å². The number of carbonyl (C=O) groups excluding carboxylic acids is 3. The lowest BCUT2D eigenvalue weighted by atomic mass is 9.80. The van der Waals surface area contributed by atoms with Crippen molar-refractivity contribution in [2.24, 2.45) is 11.8 Å². The number of carbonyl (C=O) groups is 3. The molecule has 4 aromatic rings. The van der Waals surface area contributed by atoms with Gasteiger partial charge in [0.1, 0.15) is 23.9 Å². The Balaban J connectivity index is 1.76. The Morgan fingerprint density at radius 1 is 0.673 bits per heavy atom. The van der Waals surface area contributed by atoms with Crippen molar-refractivity contribution in [1.82, 2.24) is 4.90 Å². The maximum absolute atomic E-state index is 15.1. The fourth-order valence-electron chi connectivity index (χ4n) is 5.94. The highest BCUT2D eigenvalue weighted by molar-refractivity contribution is 6.05. The van der Waals surface area contributed by atoms with Crippen LogP contribution in [0.5, 0.6) is 5.75 Å². The minimum Gasteiger partial charge on any atom is -0.489 e. The quantitative estimate of drug-likeness (QED) is 0.0837. The van der Waals surface area contributed by atoms with Gasteiger partial charge in [0.05, 0.1) is 19.1 Å². The van der Waals surface area contributed by atoms with E-state index in [4.69, 9.17) is 14.2 Å². The number of hydrogen-bond donors (Lipinski definition) is 0. The van der Waals surface area contributed by atoms with Crippen LogP contribution >= 0.6 is 0 Å². The van der Waals surface area contributed by atoms with Crippen LogP contribution in [0, 0.1) is 11.8 Å². The van der Waals surface area contributed by atoms with E-state index in [1.165, 1.54) is 7.11 Å². The second-order valence-electron chi connectivity index (χ2n) is 13.3. The third-order valence-corrected chi connectivity index (χ3v) is 8.30. The van der Waals surface area contributed by atoms with Crippen molar-refractivity contribution < 1.29 is 28.6 Å². The molecule has 4 aromatic carbocycles. The van der Waals surface area contributed by atoms with Crippen LogP contribution in [0.1, 0.15) is 62.8 Å². The second-order valence-corrected chi connectivity index (χ2v) is 13.3. The molecule has 49 heavy (non-hydrogen) atoms. The van der Waals surface area contributed by atoms with E-state index >= 15 is 4.79 Å². The van der Waals surface area contributed by atoms with Gasteiger partial charge in [-0.25, -0.2) is 0 Å². The molecule has 0 fully saturated rings. The fraction of sp³-hybridized carbons (Fsp3) is 0.357. The van der Waals surface area contributed by atoms with E-state index in [0.717, 1.165) is 22.3 Å². The van der Waals surface area contributed by atoms with Crippen molar-refractivity contribution in [2.75, 3.05) is 7.11 Å². The van der Waals surface area contributed by atoms with E-state index in [-0.39, 0.29) is 5.78 Å². The van der Waals surface area contributed by atoms with Gasteiger partial charge < -0.3 is 14.2 Å². The van der Waals surface area contributed by atoms with Crippen LogP contribution < -0.4 is 4.74 Å². The lowest BCUT2D eigenvalue weighted by Crippen LogP contribution is -2.50. The molecule has 0 amide bonds. The first-order valence-corrected chi connectivity index (χ1v) is 17.0. The van der Waals surface area contributed by atoms with Crippen molar-refractivity contribution in [3.8, 4) is 5.75 Å². The molecule has 0 saturated carbocycles. The third kappa shape index (κ3) is 11.4. The highest BCUT2D eigenvalue weighted by Gasteiger charge is 2.45. The minimum absolute atomic E-state index is 0.302. The number of methoxy groups -OCH3 is 1. The van der Waals surface area contributed by atoms with Gasteiger partial charge in [0.15, 0.2) is 5.78 Å². The molecule has 258 valence electrons. The number of hydrogen-bond acceptors (Lipinski definition) is 7. The Hall–Kier alpha value is -4.75. The molecule has 0 radical (unpaired) electrons. The minimum atomic E-state index is -1.35. The van der Waals surface area contributed by atoms with Gasteiger partial charge in [-0.1, -0.05) is 116 Å². The average molecular weight is 664 g/mol. The fourth-order valence-corrected chi connectivity index (χ4v) is 5.94. The van der Waals surface area contributed by atoms with Gasteiger partial charge in [-0.15, -0.1) is 0 Å². The molecule has 0 heterocycles. The normalized spacial score (nSPS) is 13.3. The van der Waals surface area contributed by atoms with Crippen LogP contribution in [0.2, 0.25) is 0 Å². The van der Waals surface area contributed by atoms with Gasteiger partial charge in [0, 0.05) is 13.1 Å². The number of esters is 2. The van der Waals surface area contributed by atoms with Crippen molar-refractivity contribution in [2.45, 2.75) is 78.3 Å². The summed E-state index contributed by atoms with van der Waals surface area (Å²) in [6.45, 7) is 8.53. The smallest absolute Gasteiger partial charge is 0.317 e. The van der Waals surface area contributed by atoms with Gasteiger partial charge >= 0.3 is 11.9 Å². The van der Waals surface area contributed by atoms with Crippen molar-refractivity contribution in [3.63, 3.8) is 0 Å². The van der Waals surface area contributed by atoms with Crippen molar-refractivity contribution in [1.29, 1.82) is 0 Å². The molecule has 4 rings (SSSR count). The zero-order chi connectivity index (χ0) is 35.2. The summed E-state index contributed by atoms with van der Waals surface area (Å²) in [5.41, 5.74) is 3.14. The average Bonchev–Trinajstić information content (AvgIpc) is 3.10. The van der Waals surface area contributed by atoms with E-state index in [1.54, 1.807) is 20.8 Å². The summed E-state index contributed by atoms with van der Waals surface area (Å²) in [6, 6.07) is 36.8. The van der Waals surface area contributed by atoms with E-state index in [2.05, 4.69) is 4.90 Å². The largest absolute Gasteiger partial charge is 0.489 e. The Morgan fingerprint density at radius 2 is 1.18 bits per heavy atom. The molecule has 0 aromatic heterocycles. The molecule has 3 atom stereocenters. The number of ether oxygens (including phenoxy) is 3. The van der Waals surface area contributed by atoms with E-state index in [1.807, 2.05) is 122 Å². The molecule has 7 heteroatoms. The molecule has 0 aliphatic rings. The summed E-state index contributed by atoms with van der Waals surface area (Å²) in [5, 5.41) is 0. The predicted octanol–water partition coefficient (Wildman–Crippen LogP) is 8.00. The number of Topliss-reactive ketones (excluding diaryl/α,β-unsaturated/α-hetero) is 1. The van der Waals surface area contributed by atoms with Gasteiger partial charge in [-0.2, -0.15) is 0 Å². The standard InChI is InChI=1S/C42H49NO6/c1-6-16-36(40(45)47-5)38(41(46)49-42(2,3)4)39(44)37(27-31-23-25-35(26-24-31)48-30-34-21-14-9-15-22-34)43(28-32-17-10-7-11-18-32)29-33-19-12-8-13-20-33/h7-15,17-26,36-38H,6,16,27-30H2,1-5H3/t36-,37+,38?/m1/s1. The maximum atomic E-state index is 15.1. The summed E-state index contributed by atoms with van der Waals surface area (Å²) in [6.07, 6.45) is 1.19. The SMILES string of the molecule is CCC[C@@H](C(=O)OC)C(C(=O)OC(C)(C)C)C(=O)[C@H](Cc1ccc(OCc2ccccc2)cc1)N(Cc1ccccc1)Cc1ccccc1. The predicted molar refractivity (Wildman–Crippen MR) is 192 cm³/mol. The summed E-state index contributed by atoms with van der Waals surface area (Å²) >= 11 is 0. The number of rotatable bonds is 17. The molecule has 0 bridgehead atoms. The highest BCUT2D eigenvalue weighted by atomic mass is 16.6. The molecule has 1 unspecified atom stereocenters. The molecule has 0 N–H and O–H groups in total. The maximum Gasteiger partial charge on any atom is 0.317 e. The summed E-state index contributed by atoms with van der Waals surface area (Å²) in [7, 11) is 1.29. The van der Waals surface area contributed by atoms with Crippen LogP contribution in [0.3, 0.4) is 0 Å². The molecule has 7 nitrogen and oxygen atoms in total. The van der Waals surface area contributed by atoms with Crippen molar-refractivity contribution >= 4 is 17.7 Å². The Bertz CT molecular complexity index is 1560. The van der Waals surface area contributed by atoms with Crippen LogP contribution in [-0.4, -0.2) is 41.4 Å². The summed E-state index contributed by atoms with van der Waals surface area (Å²) in [5.74, 6) is -3.29. The first kappa shape index (κ1) is 37.1. The molecule has 0 aliphatic carbocycles. The van der Waals surface area contributed by atoms with Gasteiger partial charge in [-0.3, -0.25) is 19.3 Å². The Kier molecular flexibility index (Phi) is 13.7. The van der Waals surface area contributed by atoms with E-state index in [9.17, 15) is 9.59 Å². The number of nitrogens with zero attached hydrogens (tertiary/aromatic N) is 1. The Labute approximate surface area is 291 Å². The number of ketones is 1. The van der Waals surface area contributed by atoms with Crippen LogP contribution in [0.25, 0.3) is 0 Å². The lowest BCUT2D eigenvalue weighted by Gasteiger charge is -2.35. The van der Waals surface area contributed by atoms with Gasteiger partial charge in [-0.05, 0) is 68.0 Å². The van der Waals surface area contributed by atoms with Crippen LogP contribution in [-0.2, 0) is 50.0 Å². The van der Waals surface area contributed by atoms with Gasteiger partial charge in [0.2, 0.25) is 0 Å². The molecule has 0 aliphatic heterocycles.